The van der Waals surface area contributed by atoms with Crippen molar-refractivity contribution in [2.45, 2.75) is 19.4 Å². The van der Waals surface area contributed by atoms with Crippen LogP contribution in [0.15, 0.2) is 84.9 Å². The summed E-state index contributed by atoms with van der Waals surface area (Å²) in [5.74, 6) is 0.213. The Labute approximate surface area is 195 Å². The van der Waals surface area contributed by atoms with Crippen LogP contribution < -0.4 is 4.74 Å². The molecule has 3 aromatic rings. The van der Waals surface area contributed by atoms with Crippen molar-refractivity contribution >= 4 is 18.0 Å². The molecule has 0 heterocycles. The molecule has 33 heavy (non-hydrogen) atoms. The van der Waals surface area contributed by atoms with Crippen molar-refractivity contribution in [1.82, 2.24) is 4.90 Å². The Balaban J connectivity index is 1.68. The number of esters is 1. The maximum Gasteiger partial charge on any atom is 0.330 e. The van der Waals surface area contributed by atoms with Gasteiger partial charge in [0.1, 0.15) is 12.4 Å². The van der Waals surface area contributed by atoms with Crippen LogP contribution in [-0.4, -0.2) is 37.5 Å². The number of ether oxygens (including phenoxy) is 2. The van der Waals surface area contributed by atoms with Crippen molar-refractivity contribution in [2.24, 2.45) is 0 Å². The largest absolute Gasteiger partial charge is 0.488 e. The van der Waals surface area contributed by atoms with Crippen molar-refractivity contribution in [1.29, 1.82) is 0 Å². The van der Waals surface area contributed by atoms with Crippen LogP contribution in [0, 0.1) is 0 Å². The van der Waals surface area contributed by atoms with Crippen molar-refractivity contribution in [3.05, 3.63) is 107 Å². The van der Waals surface area contributed by atoms with E-state index < -0.39 is 5.97 Å². The van der Waals surface area contributed by atoms with Gasteiger partial charge in [0.15, 0.2) is 0 Å². The van der Waals surface area contributed by atoms with Gasteiger partial charge in [-0.05, 0) is 41.3 Å². The lowest BCUT2D eigenvalue weighted by Crippen LogP contribution is -2.30. The Morgan fingerprint density at radius 2 is 1.55 bits per heavy atom. The molecule has 5 nitrogen and oxygen atoms in total. The van der Waals surface area contributed by atoms with E-state index in [0.717, 1.165) is 17.5 Å². The Bertz CT molecular complexity index is 1080. The molecular weight excluding hydrogens is 414 g/mol. The average Bonchev–Trinajstić information content (AvgIpc) is 2.86. The standard InChI is InChI=1S/C28H29NO4/c1-29(18-17-22-9-5-3-6-10-22)27(30)20-24-13-15-26(25(19-24)14-16-28(31)32-2)33-21-23-11-7-4-8-12-23/h3-16,19H,17-18,20-21H2,1-2H3/b16-14+. The molecule has 0 aliphatic rings. The topological polar surface area (TPSA) is 55.8 Å². The second-order valence-corrected chi connectivity index (χ2v) is 7.73. The molecule has 3 rings (SSSR count). The fourth-order valence-corrected chi connectivity index (χ4v) is 3.31. The summed E-state index contributed by atoms with van der Waals surface area (Å²) in [6.07, 6.45) is 4.08. The van der Waals surface area contributed by atoms with E-state index in [4.69, 9.17) is 9.47 Å². The van der Waals surface area contributed by atoms with E-state index in [1.807, 2.05) is 73.8 Å². The van der Waals surface area contributed by atoms with E-state index in [1.54, 1.807) is 11.0 Å². The summed E-state index contributed by atoms with van der Waals surface area (Å²) in [5.41, 5.74) is 3.81. The van der Waals surface area contributed by atoms with E-state index in [-0.39, 0.29) is 12.3 Å². The van der Waals surface area contributed by atoms with Crippen LogP contribution in [0.1, 0.15) is 22.3 Å². The third kappa shape index (κ3) is 7.65. The van der Waals surface area contributed by atoms with Gasteiger partial charge >= 0.3 is 5.97 Å². The number of hydrogen-bond acceptors (Lipinski definition) is 4. The predicted molar refractivity (Wildman–Crippen MR) is 130 cm³/mol. The fraction of sp³-hybridized carbons (Fsp3) is 0.214. The quantitative estimate of drug-likeness (QED) is 0.337. The highest BCUT2D eigenvalue weighted by atomic mass is 16.5. The molecule has 170 valence electrons. The highest BCUT2D eigenvalue weighted by Crippen LogP contribution is 2.24. The van der Waals surface area contributed by atoms with Gasteiger partial charge in [0.05, 0.1) is 13.5 Å². The number of amides is 1. The number of rotatable bonds is 10. The second kappa shape index (κ2) is 12.2. The predicted octanol–water partition coefficient (Wildman–Crippen LogP) is 4.70. The normalized spacial score (nSPS) is 10.7. The summed E-state index contributed by atoms with van der Waals surface area (Å²) >= 11 is 0. The van der Waals surface area contributed by atoms with Crippen LogP contribution in [0.2, 0.25) is 0 Å². The van der Waals surface area contributed by atoms with Gasteiger partial charge in [-0.3, -0.25) is 4.79 Å². The summed E-state index contributed by atoms with van der Waals surface area (Å²) in [6, 6.07) is 25.6. The van der Waals surface area contributed by atoms with E-state index >= 15 is 0 Å². The van der Waals surface area contributed by atoms with Crippen LogP contribution in [0.3, 0.4) is 0 Å². The van der Waals surface area contributed by atoms with Crippen LogP contribution in [0.4, 0.5) is 0 Å². The molecule has 0 aliphatic carbocycles. The minimum atomic E-state index is -0.453. The average molecular weight is 444 g/mol. The molecule has 0 aromatic heterocycles. The molecule has 0 saturated carbocycles. The molecule has 0 aliphatic heterocycles. The van der Waals surface area contributed by atoms with Crippen molar-refractivity contribution in [2.75, 3.05) is 20.7 Å². The zero-order chi connectivity index (χ0) is 23.5. The van der Waals surface area contributed by atoms with Gasteiger partial charge in [-0.15, -0.1) is 0 Å². The number of carbonyl (C=O) groups excluding carboxylic acids is 2. The minimum absolute atomic E-state index is 0.0341. The van der Waals surface area contributed by atoms with Gasteiger partial charge in [-0.1, -0.05) is 66.7 Å². The molecule has 0 N–H and O–H groups in total. The molecule has 0 saturated heterocycles. The Kier molecular flexibility index (Phi) is 8.83. The molecule has 0 bridgehead atoms. The number of hydrogen-bond donors (Lipinski definition) is 0. The van der Waals surface area contributed by atoms with Gasteiger partial charge in [0, 0.05) is 25.2 Å². The van der Waals surface area contributed by atoms with Gasteiger partial charge in [-0.25, -0.2) is 4.79 Å². The summed E-state index contributed by atoms with van der Waals surface area (Å²) in [5, 5.41) is 0. The summed E-state index contributed by atoms with van der Waals surface area (Å²) in [4.78, 5) is 26.1. The molecule has 1 amide bonds. The molecule has 0 unspecified atom stereocenters. The van der Waals surface area contributed by atoms with Gasteiger partial charge < -0.3 is 14.4 Å². The van der Waals surface area contributed by atoms with Crippen LogP contribution in [0.5, 0.6) is 5.75 Å². The minimum Gasteiger partial charge on any atom is -0.488 e. The first-order valence-corrected chi connectivity index (χ1v) is 10.9. The van der Waals surface area contributed by atoms with Gasteiger partial charge in [0.25, 0.3) is 0 Å². The Morgan fingerprint density at radius 3 is 2.21 bits per heavy atom. The van der Waals surface area contributed by atoms with E-state index in [9.17, 15) is 9.59 Å². The first kappa shape index (κ1) is 23.8. The van der Waals surface area contributed by atoms with Crippen molar-refractivity contribution in [3.63, 3.8) is 0 Å². The molecule has 0 radical (unpaired) electrons. The number of benzene rings is 3. The molecule has 5 heteroatoms. The highest BCUT2D eigenvalue weighted by molar-refractivity contribution is 5.87. The van der Waals surface area contributed by atoms with Crippen molar-refractivity contribution < 1.29 is 19.1 Å². The lowest BCUT2D eigenvalue weighted by molar-refractivity contribution is -0.134. The molecule has 0 spiro atoms. The molecule has 0 fully saturated rings. The zero-order valence-electron chi connectivity index (χ0n) is 19.1. The lowest BCUT2D eigenvalue weighted by Gasteiger charge is -2.18. The Morgan fingerprint density at radius 1 is 0.879 bits per heavy atom. The third-order valence-corrected chi connectivity index (χ3v) is 5.27. The number of nitrogens with zero attached hydrogens (tertiary/aromatic N) is 1. The molecular formula is C28H29NO4. The summed E-state index contributed by atoms with van der Waals surface area (Å²) < 4.78 is 10.7. The SMILES string of the molecule is COC(=O)/C=C/c1cc(CC(=O)N(C)CCc2ccccc2)ccc1OCc1ccccc1. The van der Waals surface area contributed by atoms with E-state index in [2.05, 4.69) is 12.1 Å². The fourth-order valence-electron chi connectivity index (χ4n) is 3.31. The number of methoxy groups -OCH3 is 1. The smallest absolute Gasteiger partial charge is 0.330 e. The van der Waals surface area contributed by atoms with E-state index in [1.165, 1.54) is 18.7 Å². The summed E-state index contributed by atoms with van der Waals surface area (Å²) in [6.45, 7) is 1.05. The molecule has 3 aromatic carbocycles. The number of carbonyl (C=O) groups is 2. The second-order valence-electron chi connectivity index (χ2n) is 7.73. The van der Waals surface area contributed by atoms with Crippen LogP contribution in [-0.2, 0) is 33.8 Å². The zero-order valence-corrected chi connectivity index (χ0v) is 19.1. The first-order valence-electron chi connectivity index (χ1n) is 10.9. The monoisotopic (exact) mass is 443 g/mol. The molecule has 0 atom stereocenters. The first-order chi connectivity index (χ1) is 16.0. The maximum atomic E-state index is 12.8. The van der Waals surface area contributed by atoms with Crippen LogP contribution in [0.25, 0.3) is 6.08 Å². The van der Waals surface area contributed by atoms with Crippen LogP contribution >= 0.6 is 0 Å². The maximum absolute atomic E-state index is 12.8. The lowest BCUT2D eigenvalue weighted by atomic mass is 10.1. The summed E-state index contributed by atoms with van der Waals surface area (Å²) in [7, 11) is 3.15. The van der Waals surface area contributed by atoms with Gasteiger partial charge in [0.2, 0.25) is 5.91 Å². The van der Waals surface area contributed by atoms with Gasteiger partial charge in [-0.2, -0.15) is 0 Å². The van der Waals surface area contributed by atoms with E-state index in [0.29, 0.717) is 24.5 Å². The third-order valence-electron chi connectivity index (χ3n) is 5.27. The number of likely N-dealkylation sites (N-methyl/N-ethyl adjacent to an activating group) is 1. The Hall–Kier alpha value is -3.86. The van der Waals surface area contributed by atoms with Crippen molar-refractivity contribution in [3.8, 4) is 5.75 Å². The highest BCUT2D eigenvalue weighted by Gasteiger charge is 2.12.